The maximum Gasteiger partial charge on any atom is 0.328 e. The van der Waals surface area contributed by atoms with Crippen molar-refractivity contribution in [3.05, 3.63) is 83.6 Å². The molecule has 0 radical (unpaired) electrons. The van der Waals surface area contributed by atoms with Gasteiger partial charge >= 0.3 is 5.97 Å². The molecule has 168 valence electrons. The van der Waals surface area contributed by atoms with Crippen LogP contribution in [-0.4, -0.2) is 40.8 Å². The number of hydrogen-bond donors (Lipinski definition) is 2. The molecular weight excluding hydrogens is 404 g/mol. The Bertz CT molecular complexity index is 1100. The van der Waals surface area contributed by atoms with E-state index in [1.807, 2.05) is 60.8 Å². The largest absolute Gasteiger partial charge is 0.467 e. The number of benzene rings is 2. The zero-order valence-corrected chi connectivity index (χ0v) is 18.7. The number of aliphatic hydroxyl groups is 1. The third-order valence-electron chi connectivity index (χ3n) is 5.37. The van der Waals surface area contributed by atoms with Crippen molar-refractivity contribution < 1.29 is 19.4 Å². The van der Waals surface area contributed by atoms with Crippen LogP contribution in [0.1, 0.15) is 25.0 Å². The molecule has 0 unspecified atom stereocenters. The number of ether oxygens (including phenoxy) is 1. The predicted molar refractivity (Wildman–Crippen MR) is 125 cm³/mol. The summed E-state index contributed by atoms with van der Waals surface area (Å²) in [6.07, 6.45) is 3.31. The number of aromatic nitrogens is 1. The minimum Gasteiger partial charge on any atom is -0.467 e. The third-order valence-corrected chi connectivity index (χ3v) is 5.37. The lowest BCUT2D eigenvalue weighted by Crippen LogP contribution is -2.47. The fourth-order valence-corrected chi connectivity index (χ4v) is 3.67. The molecule has 3 aromatic rings. The number of amides is 1. The van der Waals surface area contributed by atoms with Crippen LogP contribution in [0.4, 0.5) is 0 Å². The summed E-state index contributed by atoms with van der Waals surface area (Å²) >= 11 is 0. The van der Waals surface area contributed by atoms with E-state index < -0.39 is 24.0 Å². The highest BCUT2D eigenvalue weighted by atomic mass is 16.5. The van der Waals surface area contributed by atoms with Gasteiger partial charge in [-0.15, -0.1) is 0 Å². The van der Waals surface area contributed by atoms with E-state index in [2.05, 4.69) is 29.8 Å². The Morgan fingerprint density at radius 1 is 1.06 bits per heavy atom. The molecule has 2 aromatic carbocycles. The van der Waals surface area contributed by atoms with Crippen LogP contribution in [0, 0.1) is 0 Å². The van der Waals surface area contributed by atoms with Crippen molar-refractivity contribution in [3.8, 4) is 0 Å². The molecule has 1 heterocycles. The van der Waals surface area contributed by atoms with Gasteiger partial charge in [0, 0.05) is 36.5 Å². The second kappa shape index (κ2) is 10.8. The van der Waals surface area contributed by atoms with Gasteiger partial charge in [0.25, 0.3) is 0 Å². The smallest absolute Gasteiger partial charge is 0.328 e. The number of para-hydroxylation sites is 1. The Balaban J connectivity index is 1.80. The van der Waals surface area contributed by atoms with Crippen molar-refractivity contribution in [1.82, 2.24) is 9.88 Å². The minimum atomic E-state index is -1.26. The van der Waals surface area contributed by atoms with Crippen LogP contribution >= 0.6 is 0 Å². The summed E-state index contributed by atoms with van der Waals surface area (Å²) in [6, 6.07) is 16.3. The zero-order valence-electron chi connectivity index (χ0n) is 18.7. The molecule has 2 N–H and O–H groups in total. The maximum absolute atomic E-state index is 12.6. The van der Waals surface area contributed by atoms with Crippen molar-refractivity contribution >= 4 is 22.8 Å². The molecular formula is C26H30N2O4. The standard InChI is InChI=1S/C26H30N2O4/c1-18(2)13-14-28-17-20(21-11-7-8-12-23(21)28)16-22(26(31)32-3)27-25(30)24(29)15-19-9-5-4-6-10-19/h4-13,17,22,24,29H,14-16H2,1-3H3,(H,27,30)/t22-,24-/m0/s1. The van der Waals surface area contributed by atoms with Crippen LogP contribution in [0.3, 0.4) is 0 Å². The van der Waals surface area contributed by atoms with E-state index in [1.165, 1.54) is 12.7 Å². The molecule has 1 amide bonds. The van der Waals surface area contributed by atoms with Gasteiger partial charge in [0.2, 0.25) is 5.91 Å². The van der Waals surface area contributed by atoms with Crippen LogP contribution in [0.25, 0.3) is 10.9 Å². The number of rotatable bonds is 9. The summed E-state index contributed by atoms with van der Waals surface area (Å²) in [5.41, 5.74) is 4.04. The van der Waals surface area contributed by atoms with Gasteiger partial charge in [-0.25, -0.2) is 4.79 Å². The van der Waals surface area contributed by atoms with Gasteiger partial charge in [-0.2, -0.15) is 0 Å². The minimum absolute atomic E-state index is 0.169. The number of methoxy groups -OCH3 is 1. The van der Waals surface area contributed by atoms with Gasteiger partial charge in [-0.1, -0.05) is 60.2 Å². The number of fused-ring (bicyclic) bond motifs is 1. The van der Waals surface area contributed by atoms with E-state index in [1.54, 1.807) is 0 Å². The van der Waals surface area contributed by atoms with E-state index in [-0.39, 0.29) is 12.8 Å². The number of hydrogen-bond acceptors (Lipinski definition) is 4. The SMILES string of the molecule is COC(=O)[C@H](Cc1cn(CC=C(C)C)c2ccccc12)NC(=O)[C@@H](O)Cc1ccccc1. The van der Waals surface area contributed by atoms with E-state index in [0.29, 0.717) is 6.54 Å². The normalized spacial score (nSPS) is 12.8. The van der Waals surface area contributed by atoms with Crippen LogP contribution in [0.2, 0.25) is 0 Å². The molecule has 1 aromatic heterocycles. The lowest BCUT2D eigenvalue weighted by molar-refractivity contribution is -0.146. The first-order valence-corrected chi connectivity index (χ1v) is 10.7. The van der Waals surface area contributed by atoms with Crippen molar-refractivity contribution in [2.24, 2.45) is 0 Å². The van der Waals surface area contributed by atoms with Gasteiger partial charge in [-0.05, 0) is 31.0 Å². The quantitative estimate of drug-likeness (QED) is 0.400. The Kier molecular flexibility index (Phi) is 7.84. The van der Waals surface area contributed by atoms with Crippen molar-refractivity contribution in [1.29, 1.82) is 0 Å². The van der Waals surface area contributed by atoms with Crippen LogP contribution in [0.5, 0.6) is 0 Å². The number of allylic oxidation sites excluding steroid dienone is 2. The van der Waals surface area contributed by atoms with Gasteiger partial charge in [-0.3, -0.25) is 4.79 Å². The molecule has 0 bridgehead atoms. The number of nitrogens with one attached hydrogen (secondary N) is 1. The molecule has 0 saturated carbocycles. The summed E-state index contributed by atoms with van der Waals surface area (Å²) in [6.45, 7) is 4.82. The fourth-order valence-electron chi connectivity index (χ4n) is 3.67. The summed E-state index contributed by atoms with van der Waals surface area (Å²) < 4.78 is 7.05. The number of aliphatic hydroxyl groups excluding tert-OH is 1. The zero-order chi connectivity index (χ0) is 23.1. The fraction of sp³-hybridized carbons (Fsp3) is 0.308. The summed E-state index contributed by atoms with van der Waals surface area (Å²) in [5, 5.41) is 14.1. The second-order valence-electron chi connectivity index (χ2n) is 8.10. The first kappa shape index (κ1) is 23.3. The van der Waals surface area contributed by atoms with Crippen molar-refractivity contribution in [2.75, 3.05) is 7.11 Å². The molecule has 6 nitrogen and oxygen atoms in total. The molecule has 0 spiro atoms. The summed E-state index contributed by atoms with van der Waals surface area (Å²) in [4.78, 5) is 25.1. The molecule has 0 aliphatic carbocycles. The highest BCUT2D eigenvalue weighted by Gasteiger charge is 2.26. The lowest BCUT2D eigenvalue weighted by Gasteiger charge is -2.19. The van der Waals surface area contributed by atoms with E-state index >= 15 is 0 Å². The van der Waals surface area contributed by atoms with Gasteiger partial charge in [0.05, 0.1) is 7.11 Å². The highest BCUT2D eigenvalue weighted by Crippen LogP contribution is 2.23. The predicted octanol–water partition coefficient (Wildman–Crippen LogP) is 3.41. The van der Waals surface area contributed by atoms with E-state index in [0.717, 1.165) is 22.0 Å². The molecule has 0 saturated heterocycles. The van der Waals surface area contributed by atoms with Crippen LogP contribution in [-0.2, 0) is 33.7 Å². The van der Waals surface area contributed by atoms with Gasteiger partial charge < -0.3 is 19.7 Å². The molecule has 0 aliphatic rings. The topological polar surface area (TPSA) is 80.6 Å². The Labute approximate surface area is 188 Å². The molecule has 2 atom stereocenters. The second-order valence-corrected chi connectivity index (χ2v) is 8.10. The van der Waals surface area contributed by atoms with Crippen molar-refractivity contribution in [3.63, 3.8) is 0 Å². The third kappa shape index (κ3) is 5.86. The van der Waals surface area contributed by atoms with Crippen LogP contribution < -0.4 is 5.32 Å². The van der Waals surface area contributed by atoms with Gasteiger partial charge in [0.1, 0.15) is 12.1 Å². The first-order valence-electron chi connectivity index (χ1n) is 10.7. The average molecular weight is 435 g/mol. The van der Waals surface area contributed by atoms with E-state index in [9.17, 15) is 14.7 Å². The highest BCUT2D eigenvalue weighted by molar-refractivity contribution is 5.89. The Morgan fingerprint density at radius 2 is 1.75 bits per heavy atom. The molecule has 0 aliphatic heterocycles. The van der Waals surface area contributed by atoms with Crippen molar-refractivity contribution in [2.45, 2.75) is 45.4 Å². The number of nitrogens with zero attached hydrogens (tertiary/aromatic N) is 1. The molecule has 32 heavy (non-hydrogen) atoms. The number of carbonyl (C=O) groups is 2. The molecule has 6 heteroatoms. The summed E-state index contributed by atoms with van der Waals surface area (Å²) in [7, 11) is 1.29. The molecule has 0 fully saturated rings. The summed E-state index contributed by atoms with van der Waals surface area (Å²) in [5.74, 6) is -1.15. The number of esters is 1. The molecule has 3 rings (SSSR count). The number of carbonyl (C=O) groups excluding carboxylic acids is 2. The van der Waals surface area contributed by atoms with Crippen LogP contribution in [0.15, 0.2) is 72.4 Å². The maximum atomic E-state index is 12.6. The first-order chi connectivity index (χ1) is 15.4. The Hall–Kier alpha value is -3.38. The van der Waals surface area contributed by atoms with E-state index in [4.69, 9.17) is 4.74 Å². The van der Waals surface area contributed by atoms with Gasteiger partial charge in [0.15, 0.2) is 0 Å². The monoisotopic (exact) mass is 434 g/mol. The Morgan fingerprint density at radius 3 is 2.44 bits per heavy atom. The average Bonchev–Trinajstić information content (AvgIpc) is 3.14. The lowest BCUT2D eigenvalue weighted by atomic mass is 10.0.